The van der Waals surface area contributed by atoms with Crippen molar-refractivity contribution in [2.24, 2.45) is 0 Å². The largest absolute Gasteiger partial charge is 0.507 e. The number of carbonyl (C=O) groups excluding carboxylic acids is 2. The number of ether oxygens (including phenoxy) is 1. The van der Waals surface area contributed by atoms with Crippen LogP contribution in [0.4, 0.5) is 0 Å². The number of aromatic hydroxyl groups is 1. The smallest absolute Gasteiger partial charge is 0.312 e. The first-order valence-corrected chi connectivity index (χ1v) is 6.70. The first-order valence-electron chi connectivity index (χ1n) is 6.70. The fourth-order valence-electron chi connectivity index (χ4n) is 2.70. The van der Waals surface area contributed by atoms with E-state index in [1.807, 2.05) is 30.3 Å². The van der Waals surface area contributed by atoms with Crippen molar-refractivity contribution >= 4 is 11.8 Å². The topological polar surface area (TPSA) is 63.6 Å². The highest BCUT2D eigenvalue weighted by atomic mass is 16.5. The van der Waals surface area contributed by atoms with Gasteiger partial charge >= 0.3 is 5.97 Å². The molecular formula is C17H14O4. The van der Waals surface area contributed by atoms with Crippen LogP contribution in [0.3, 0.4) is 0 Å². The highest BCUT2D eigenvalue weighted by Gasteiger charge is 2.32. The summed E-state index contributed by atoms with van der Waals surface area (Å²) in [6, 6.07) is 12.5. The van der Waals surface area contributed by atoms with Gasteiger partial charge in [0.15, 0.2) is 5.78 Å². The second-order valence-electron chi connectivity index (χ2n) is 5.07. The zero-order valence-electron chi connectivity index (χ0n) is 11.5. The Hall–Kier alpha value is -2.62. The number of esters is 1. The van der Waals surface area contributed by atoms with Crippen molar-refractivity contribution in [1.29, 1.82) is 0 Å². The fourth-order valence-corrected chi connectivity index (χ4v) is 2.70. The molecule has 3 rings (SSSR count). The van der Waals surface area contributed by atoms with Gasteiger partial charge in [-0.25, -0.2) is 0 Å². The summed E-state index contributed by atoms with van der Waals surface area (Å²) in [7, 11) is 0. The summed E-state index contributed by atoms with van der Waals surface area (Å²) < 4.78 is 5.19. The molecule has 2 aromatic rings. The van der Waals surface area contributed by atoms with Crippen molar-refractivity contribution in [2.75, 3.05) is 0 Å². The molecule has 0 amide bonds. The minimum Gasteiger partial charge on any atom is -0.507 e. The van der Waals surface area contributed by atoms with Gasteiger partial charge in [0.2, 0.25) is 0 Å². The fraction of sp³-hybridized carbons (Fsp3) is 0.176. The molecule has 0 saturated heterocycles. The van der Waals surface area contributed by atoms with E-state index in [0.717, 1.165) is 5.56 Å². The highest BCUT2D eigenvalue weighted by molar-refractivity contribution is 5.98. The molecule has 1 heterocycles. The molecule has 1 aliphatic rings. The summed E-state index contributed by atoms with van der Waals surface area (Å²) >= 11 is 0. The van der Waals surface area contributed by atoms with Gasteiger partial charge in [-0.15, -0.1) is 0 Å². The molecule has 0 bridgehead atoms. The molecule has 4 heteroatoms. The lowest BCUT2D eigenvalue weighted by atomic mass is 9.84. The third-order valence-corrected chi connectivity index (χ3v) is 3.70. The van der Waals surface area contributed by atoms with E-state index in [0.29, 0.717) is 11.3 Å². The summed E-state index contributed by atoms with van der Waals surface area (Å²) in [5, 5.41) is 10.4. The first kappa shape index (κ1) is 13.4. The van der Waals surface area contributed by atoms with E-state index in [1.165, 1.54) is 13.0 Å². The highest BCUT2D eigenvalue weighted by Crippen LogP contribution is 2.45. The zero-order chi connectivity index (χ0) is 15.0. The van der Waals surface area contributed by atoms with E-state index in [4.69, 9.17) is 4.74 Å². The Balaban J connectivity index is 2.20. The van der Waals surface area contributed by atoms with Crippen LogP contribution >= 0.6 is 0 Å². The molecule has 21 heavy (non-hydrogen) atoms. The Kier molecular flexibility index (Phi) is 3.22. The molecular weight excluding hydrogens is 268 g/mol. The predicted octanol–water partition coefficient (Wildman–Crippen LogP) is 3.04. The molecule has 4 nitrogen and oxygen atoms in total. The van der Waals surface area contributed by atoms with Crippen molar-refractivity contribution in [2.45, 2.75) is 19.3 Å². The number of hydrogen-bond donors (Lipinski definition) is 1. The van der Waals surface area contributed by atoms with Crippen molar-refractivity contribution < 1.29 is 19.4 Å². The Bertz CT molecular complexity index is 719. The second kappa shape index (κ2) is 5.05. The summed E-state index contributed by atoms with van der Waals surface area (Å²) in [5.41, 5.74) is 1.66. The van der Waals surface area contributed by atoms with Crippen LogP contribution < -0.4 is 4.74 Å². The number of carbonyl (C=O) groups is 2. The van der Waals surface area contributed by atoms with Gasteiger partial charge in [0.1, 0.15) is 11.5 Å². The maximum absolute atomic E-state index is 11.8. The summed E-state index contributed by atoms with van der Waals surface area (Å²) in [5.74, 6) is -0.643. The minimum absolute atomic E-state index is 0.0960. The number of ketones is 1. The third kappa shape index (κ3) is 2.29. The maximum atomic E-state index is 11.8. The van der Waals surface area contributed by atoms with Crippen LogP contribution in [-0.4, -0.2) is 16.9 Å². The van der Waals surface area contributed by atoms with Crippen LogP contribution in [0.5, 0.6) is 11.5 Å². The lowest BCUT2D eigenvalue weighted by Crippen LogP contribution is -2.21. The van der Waals surface area contributed by atoms with Crippen molar-refractivity contribution in [3.05, 3.63) is 59.2 Å². The van der Waals surface area contributed by atoms with Gasteiger partial charge in [0, 0.05) is 11.5 Å². The SMILES string of the molecule is CC(=O)c1ccc2c(c1O)C(c1ccccc1)CC(=O)O2. The van der Waals surface area contributed by atoms with E-state index in [-0.39, 0.29) is 35.4 Å². The van der Waals surface area contributed by atoms with Crippen LogP contribution in [0.1, 0.15) is 40.7 Å². The van der Waals surface area contributed by atoms with Gasteiger partial charge in [-0.3, -0.25) is 9.59 Å². The van der Waals surface area contributed by atoms with Gasteiger partial charge in [0.05, 0.1) is 12.0 Å². The molecule has 1 unspecified atom stereocenters. The number of phenols is 1. The molecule has 0 spiro atoms. The number of rotatable bonds is 2. The Morgan fingerprint density at radius 2 is 1.90 bits per heavy atom. The molecule has 0 radical (unpaired) electrons. The van der Waals surface area contributed by atoms with E-state index < -0.39 is 0 Å². The van der Waals surface area contributed by atoms with E-state index in [1.54, 1.807) is 6.07 Å². The van der Waals surface area contributed by atoms with Crippen LogP contribution in [0.2, 0.25) is 0 Å². The van der Waals surface area contributed by atoms with Gasteiger partial charge in [0.25, 0.3) is 0 Å². The average Bonchev–Trinajstić information content (AvgIpc) is 2.47. The second-order valence-corrected chi connectivity index (χ2v) is 5.07. The van der Waals surface area contributed by atoms with Gasteiger partial charge in [-0.2, -0.15) is 0 Å². The number of benzene rings is 2. The number of fused-ring (bicyclic) bond motifs is 1. The summed E-state index contributed by atoms with van der Waals surface area (Å²) in [6.07, 6.45) is 0.145. The monoisotopic (exact) mass is 282 g/mol. The molecule has 0 aliphatic carbocycles. The predicted molar refractivity (Wildman–Crippen MR) is 76.6 cm³/mol. The lowest BCUT2D eigenvalue weighted by molar-refractivity contribution is -0.135. The number of phenolic OH excluding ortho intramolecular Hbond substituents is 1. The molecule has 0 fully saturated rings. The van der Waals surface area contributed by atoms with Crippen LogP contribution in [0.25, 0.3) is 0 Å². The Labute approximate surface area is 122 Å². The summed E-state index contributed by atoms with van der Waals surface area (Å²) in [4.78, 5) is 23.4. The molecule has 0 aromatic heterocycles. The summed E-state index contributed by atoms with van der Waals surface area (Å²) in [6.45, 7) is 1.40. The third-order valence-electron chi connectivity index (χ3n) is 3.70. The molecule has 1 N–H and O–H groups in total. The van der Waals surface area contributed by atoms with Crippen LogP contribution in [0, 0.1) is 0 Å². The first-order chi connectivity index (χ1) is 10.1. The van der Waals surface area contributed by atoms with Crippen molar-refractivity contribution in [3.63, 3.8) is 0 Å². The van der Waals surface area contributed by atoms with Gasteiger partial charge < -0.3 is 9.84 Å². The lowest BCUT2D eigenvalue weighted by Gasteiger charge is -2.26. The van der Waals surface area contributed by atoms with Crippen molar-refractivity contribution in [1.82, 2.24) is 0 Å². The minimum atomic E-state index is -0.341. The Morgan fingerprint density at radius 3 is 2.57 bits per heavy atom. The van der Waals surface area contributed by atoms with Crippen LogP contribution in [-0.2, 0) is 4.79 Å². The standard InChI is InChI=1S/C17H14O4/c1-10(18)12-7-8-14-16(17(12)20)13(9-15(19)21-14)11-5-3-2-4-6-11/h2-8,13,20H,9H2,1H3. The number of Topliss-reactive ketones (excluding diaryl/α,β-unsaturated/α-hetero) is 1. The van der Waals surface area contributed by atoms with Crippen LogP contribution in [0.15, 0.2) is 42.5 Å². The van der Waals surface area contributed by atoms with Gasteiger partial charge in [-0.1, -0.05) is 30.3 Å². The van der Waals surface area contributed by atoms with E-state index >= 15 is 0 Å². The normalized spacial score (nSPS) is 17.0. The van der Waals surface area contributed by atoms with E-state index in [9.17, 15) is 14.7 Å². The molecule has 1 aliphatic heterocycles. The van der Waals surface area contributed by atoms with E-state index in [2.05, 4.69) is 0 Å². The van der Waals surface area contributed by atoms with Gasteiger partial charge in [-0.05, 0) is 24.6 Å². The maximum Gasteiger partial charge on any atom is 0.312 e. The average molecular weight is 282 g/mol. The molecule has 1 atom stereocenters. The molecule has 106 valence electrons. The Morgan fingerprint density at radius 1 is 1.19 bits per heavy atom. The quantitative estimate of drug-likeness (QED) is 0.522. The number of hydrogen-bond acceptors (Lipinski definition) is 4. The molecule has 2 aromatic carbocycles. The van der Waals surface area contributed by atoms with Crippen molar-refractivity contribution in [3.8, 4) is 11.5 Å². The molecule has 0 saturated carbocycles. The zero-order valence-corrected chi connectivity index (χ0v) is 11.5.